The molecule has 0 aromatic carbocycles. The van der Waals surface area contributed by atoms with E-state index in [4.69, 9.17) is 28.4 Å². The second kappa shape index (κ2) is 17.6. The Morgan fingerprint density at radius 1 is 0.923 bits per heavy atom. The van der Waals surface area contributed by atoms with Gasteiger partial charge in [-0.3, -0.25) is 4.79 Å². The number of esters is 1. The van der Waals surface area contributed by atoms with E-state index in [1.807, 2.05) is 53.6 Å². The molecule has 0 radical (unpaired) electrons. The van der Waals surface area contributed by atoms with Crippen LogP contribution in [0.3, 0.4) is 0 Å². The number of carbonyl (C=O) groups is 1. The maximum absolute atomic E-state index is 14.2. The number of cyclic esters (lactones) is 1. The Hall–Kier alpha value is -1.46. The molecule has 3 fully saturated rings. The molecule has 0 spiro atoms. The average molecular weight is 747 g/mol. The van der Waals surface area contributed by atoms with Crippen molar-refractivity contribution in [1.29, 1.82) is 0 Å². The van der Waals surface area contributed by atoms with Crippen molar-refractivity contribution in [3.63, 3.8) is 0 Å². The van der Waals surface area contributed by atoms with E-state index in [1.54, 1.807) is 34.6 Å². The standard InChI is InChI=1S/C38H70N2O12/c1-15-26-38(11,45)31(42)21(4)28(39-46)19(2)17-36(8,9)33(52-35-29(41)25(40(12)13)16-20(3)48-35)22(5)30(23(6)34(44)50-26)51-27-18-37(10,47-14)32(43)24(7)49-27/h19-27,29-33,35,41-43,45-46H,15-18H2,1-14H3/b39-28-/t19-,20-,21+,22+,23-,24+,25+,26-,27?,29-,30+,31-,32+,33-,35?,37-,38-/m1/s1. The highest BCUT2D eigenvalue weighted by Crippen LogP contribution is 2.44. The fourth-order valence-corrected chi connectivity index (χ4v) is 8.96. The SMILES string of the molecule is CC[C@H]1OC(=O)[C@H](C)[C@@H](OC2C[C@@](C)(OC)[C@@H](O)[C@H](C)O2)[C@H](C)[C@@H](OC2O[C@H](C)C[C@H](N(C)C)[C@H]2O)C(C)(C)C[C@@H](C)/C(=N/O)[C@H](C)[C@@H](O)[C@]1(C)O. The van der Waals surface area contributed by atoms with Gasteiger partial charge >= 0.3 is 5.97 Å². The van der Waals surface area contributed by atoms with Crippen LogP contribution in [0.2, 0.25) is 0 Å². The van der Waals surface area contributed by atoms with Gasteiger partial charge in [0.05, 0.1) is 47.8 Å². The number of oxime groups is 1. The van der Waals surface area contributed by atoms with Crippen molar-refractivity contribution >= 4 is 11.7 Å². The smallest absolute Gasteiger partial charge is 0.311 e. The van der Waals surface area contributed by atoms with Crippen LogP contribution in [-0.4, -0.2) is 142 Å². The van der Waals surface area contributed by atoms with Crippen LogP contribution in [0.15, 0.2) is 5.16 Å². The van der Waals surface area contributed by atoms with E-state index < -0.39 is 102 Å². The summed E-state index contributed by atoms with van der Waals surface area (Å²) in [4.78, 5) is 16.1. The second-order valence-corrected chi connectivity index (χ2v) is 17.2. The number of hydrogen-bond donors (Lipinski definition) is 5. The van der Waals surface area contributed by atoms with Gasteiger partial charge in [-0.2, -0.15) is 0 Å². The quantitative estimate of drug-likeness (QED) is 0.145. The first kappa shape index (κ1) is 44.9. The lowest BCUT2D eigenvalue weighted by Gasteiger charge is -2.49. The van der Waals surface area contributed by atoms with Crippen molar-refractivity contribution in [2.24, 2.45) is 34.2 Å². The van der Waals surface area contributed by atoms with Gasteiger partial charge in [0.2, 0.25) is 0 Å². The van der Waals surface area contributed by atoms with Crippen LogP contribution >= 0.6 is 0 Å². The summed E-state index contributed by atoms with van der Waals surface area (Å²) in [5.41, 5.74) is -3.40. The number of likely N-dealkylation sites (N-methyl/N-ethyl adjacent to an activating group) is 1. The zero-order valence-corrected chi connectivity index (χ0v) is 34.0. The third-order valence-electron chi connectivity index (χ3n) is 12.2. The van der Waals surface area contributed by atoms with E-state index >= 15 is 0 Å². The lowest BCUT2D eigenvalue weighted by molar-refractivity contribution is -0.313. The predicted molar refractivity (Wildman–Crippen MR) is 194 cm³/mol. The van der Waals surface area contributed by atoms with Gasteiger partial charge < -0.3 is 59.0 Å². The minimum atomic E-state index is -1.90. The molecule has 3 aliphatic rings. The Morgan fingerprint density at radius 2 is 1.54 bits per heavy atom. The molecule has 0 bridgehead atoms. The Kier molecular flexibility index (Phi) is 15.2. The molecular formula is C38H70N2O12. The number of rotatable bonds is 7. The largest absolute Gasteiger partial charge is 0.459 e. The predicted octanol–water partition coefficient (Wildman–Crippen LogP) is 3.32. The Balaban J connectivity index is 2.21. The molecule has 3 rings (SSSR count). The van der Waals surface area contributed by atoms with Crippen LogP contribution in [0.1, 0.15) is 102 Å². The number of nitrogens with zero attached hydrogens (tertiary/aromatic N) is 2. The molecule has 17 atom stereocenters. The van der Waals surface area contributed by atoms with Crippen molar-refractivity contribution < 1.29 is 58.8 Å². The number of ether oxygens (including phenoxy) is 6. The maximum Gasteiger partial charge on any atom is 0.311 e. The van der Waals surface area contributed by atoms with Crippen molar-refractivity contribution in [2.45, 2.75) is 181 Å². The Labute approximate surface area is 311 Å². The summed E-state index contributed by atoms with van der Waals surface area (Å²) < 4.78 is 37.9. The summed E-state index contributed by atoms with van der Waals surface area (Å²) in [6.07, 6.45) is -7.64. The summed E-state index contributed by atoms with van der Waals surface area (Å²) in [6, 6.07) is -0.241. The minimum Gasteiger partial charge on any atom is -0.459 e. The van der Waals surface area contributed by atoms with E-state index in [0.717, 1.165) is 0 Å². The number of carbonyl (C=O) groups excluding carboxylic acids is 1. The topological polar surface area (TPSA) is 189 Å². The highest BCUT2D eigenvalue weighted by Gasteiger charge is 2.52. The molecule has 5 N–H and O–H groups in total. The van der Waals surface area contributed by atoms with E-state index in [2.05, 4.69) is 5.16 Å². The molecule has 0 amide bonds. The zero-order valence-electron chi connectivity index (χ0n) is 34.0. The molecule has 14 nitrogen and oxygen atoms in total. The molecule has 52 heavy (non-hydrogen) atoms. The lowest BCUT2D eigenvalue weighted by atomic mass is 9.69. The molecular weight excluding hydrogens is 676 g/mol. The number of aliphatic hydroxyl groups is 4. The molecule has 0 aromatic heterocycles. The monoisotopic (exact) mass is 746 g/mol. The van der Waals surface area contributed by atoms with Gasteiger partial charge in [0.15, 0.2) is 12.6 Å². The van der Waals surface area contributed by atoms with Crippen LogP contribution in [0.4, 0.5) is 0 Å². The van der Waals surface area contributed by atoms with Gasteiger partial charge in [-0.15, -0.1) is 0 Å². The van der Waals surface area contributed by atoms with Gasteiger partial charge in [-0.1, -0.05) is 46.7 Å². The summed E-state index contributed by atoms with van der Waals surface area (Å²) in [5.74, 6) is -3.44. The van der Waals surface area contributed by atoms with Crippen LogP contribution in [0.5, 0.6) is 0 Å². The summed E-state index contributed by atoms with van der Waals surface area (Å²) >= 11 is 0. The van der Waals surface area contributed by atoms with Crippen molar-refractivity contribution in [1.82, 2.24) is 4.90 Å². The van der Waals surface area contributed by atoms with E-state index in [0.29, 0.717) is 12.8 Å². The van der Waals surface area contributed by atoms with Gasteiger partial charge in [-0.05, 0) is 79.3 Å². The first-order chi connectivity index (χ1) is 24.0. The summed E-state index contributed by atoms with van der Waals surface area (Å²) in [6.45, 7) is 19.8. The average Bonchev–Trinajstić information content (AvgIpc) is 3.06. The first-order valence-electron chi connectivity index (χ1n) is 19.0. The molecule has 0 aliphatic carbocycles. The Morgan fingerprint density at radius 3 is 2.08 bits per heavy atom. The number of aliphatic hydroxyl groups excluding tert-OH is 3. The van der Waals surface area contributed by atoms with E-state index in [9.17, 15) is 30.4 Å². The van der Waals surface area contributed by atoms with Gasteiger partial charge in [0.25, 0.3) is 0 Å². The van der Waals surface area contributed by atoms with Crippen molar-refractivity contribution in [3.8, 4) is 0 Å². The Bertz CT molecular complexity index is 1200. The highest BCUT2D eigenvalue weighted by atomic mass is 16.7. The van der Waals surface area contributed by atoms with Crippen LogP contribution in [0, 0.1) is 29.1 Å². The summed E-state index contributed by atoms with van der Waals surface area (Å²) in [7, 11) is 5.32. The van der Waals surface area contributed by atoms with Gasteiger partial charge in [-0.25, -0.2) is 0 Å². The van der Waals surface area contributed by atoms with E-state index in [1.165, 1.54) is 14.0 Å². The molecule has 3 aliphatic heterocycles. The van der Waals surface area contributed by atoms with Crippen LogP contribution in [-0.2, 0) is 33.2 Å². The van der Waals surface area contributed by atoms with Crippen LogP contribution < -0.4 is 0 Å². The van der Waals surface area contributed by atoms with Gasteiger partial charge in [0.1, 0.15) is 23.9 Å². The van der Waals surface area contributed by atoms with Crippen LogP contribution in [0.25, 0.3) is 0 Å². The third kappa shape index (κ3) is 9.49. The first-order valence-corrected chi connectivity index (χ1v) is 19.0. The molecule has 0 saturated carbocycles. The number of hydrogen-bond acceptors (Lipinski definition) is 14. The third-order valence-corrected chi connectivity index (χ3v) is 12.2. The molecule has 14 heteroatoms. The number of methoxy groups -OCH3 is 1. The van der Waals surface area contributed by atoms with E-state index in [-0.39, 0.29) is 30.7 Å². The van der Waals surface area contributed by atoms with Gasteiger partial charge in [0, 0.05) is 31.4 Å². The minimum absolute atomic E-state index is 0.158. The second-order valence-electron chi connectivity index (χ2n) is 17.2. The summed E-state index contributed by atoms with van der Waals surface area (Å²) in [5, 5.41) is 59.7. The lowest BCUT2D eigenvalue weighted by Crippen LogP contribution is -2.60. The zero-order chi connectivity index (χ0) is 39.7. The normalized spacial score (nSPS) is 47.9. The fourth-order valence-electron chi connectivity index (χ4n) is 8.96. The molecule has 0 aromatic rings. The van der Waals surface area contributed by atoms with Crippen molar-refractivity contribution in [3.05, 3.63) is 0 Å². The molecule has 304 valence electrons. The molecule has 2 unspecified atom stereocenters. The molecule has 3 heterocycles. The highest BCUT2D eigenvalue weighted by molar-refractivity contribution is 5.88. The maximum atomic E-state index is 14.2. The fraction of sp³-hybridized carbons (Fsp3) is 0.947. The van der Waals surface area contributed by atoms with Crippen molar-refractivity contribution in [2.75, 3.05) is 21.2 Å². The molecule has 3 saturated heterocycles.